The number of aliphatic hydroxyl groups is 1. The number of aliphatic hydroxyl groups excluding tert-OH is 1. The first-order valence-corrected chi connectivity index (χ1v) is 7.92. The molecule has 2 aliphatic heterocycles. The molecule has 0 spiro atoms. The van der Waals surface area contributed by atoms with Crippen LogP contribution in [0.25, 0.3) is 0 Å². The van der Waals surface area contributed by atoms with E-state index in [0.29, 0.717) is 6.54 Å². The average molecular weight is 302 g/mol. The quantitative estimate of drug-likeness (QED) is 0.893. The molecule has 2 aliphatic rings. The van der Waals surface area contributed by atoms with Crippen molar-refractivity contribution in [3.8, 4) is 0 Å². The van der Waals surface area contributed by atoms with E-state index in [1.165, 1.54) is 0 Å². The smallest absolute Gasteiger partial charge is 0.232 e. The summed E-state index contributed by atoms with van der Waals surface area (Å²) < 4.78 is 0. The third kappa shape index (κ3) is 2.86. The molecule has 2 heterocycles. The number of rotatable bonds is 3. The molecular weight excluding hydrogens is 280 g/mol. The summed E-state index contributed by atoms with van der Waals surface area (Å²) in [6.45, 7) is 3.09. The summed E-state index contributed by atoms with van der Waals surface area (Å²) in [6.07, 6.45) is 1.67. The SMILES string of the molecule is CC(O)C1CCCN(C(=O)CC2C(=O)Nc3ccccc32)C1. The van der Waals surface area contributed by atoms with E-state index in [4.69, 9.17) is 0 Å². The Labute approximate surface area is 130 Å². The highest BCUT2D eigenvalue weighted by atomic mass is 16.3. The maximum absolute atomic E-state index is 12.5. The van der Waals surface area contributed by atoms with Crippen molar-refractivity contribution in [1.82, 2.24) is 4.90 Å². The van der Waals surface area contributed by atoms with E-state index in [0.717, 1.165) is 30.6 Å². The van der Waals surface area contributed by atoms with Crippen LogP contribution in [0.4, 0.5) is 5.69 Å². The second-order valence-corrected chi connectivity index (χ2v) is 6.32. The Balaban J connectivity index is 1.68. The first-order chi connectivity index (χ1) is 10.6. The summed E-state index contributed by atoms with van der Waals surface area (Å²) in [5, 5.41) is 12.6. The number of fused-ring (bicyclic) bond motifs is 1. The molecule has 3 rings (SSSR count). The minimum Gasteiger partial charge on any atom is -0.393 e. The van der Waals surface area contributed by atoms with Crippen LogP contribution in [0.15, 0.2) is 24.3 Å². The minimum absolute atomic E-state index is 0.00204. The van der Waals surface area contributed by atoms with E-state index in [9.17, 15) is 14.7 Å². The number of likely N-dealkylation sites (tertiary alicyclic amines) is 1. The van der Waals surface area contributed by atoms with Crippen LogP contribution >= 0.6 is 0 Å². The van der Waals surface area contributed by atoms with Crippen molar-refractivity contribution in [2.75, 3.05) is 18.4 Å². The van der Waals surface area contributed by atoms with Crippen molar-refractivity contribution >= 4 is 17.5 Å². The predicted octanol–water partition coefficient (Wildman–Crippen LogP) is 1.73. The van der Waals surface area contributed by atoms with Gasteiger partial charge in [0.1, 0.15) is 0 Å². The van der Waals surface area contributed by atoms with Gasteiger partial charge in [0.15, 0.2) is 0 Å². The van der Waals surface area contributed by atoms with Crippen LogP contribution in [0, 0.1) is 5.92 Å². The van der Waals surface area contributed by atoms with E-state index in [2.05, 4.69) is 5.32 Å². The fourth-order valence-electron chi connectivity index (χ4n) is 3.41. The zero-order valence-corrected chi connectivity index (χ0v) is 12.8. The molecule has 2 N–H and O–H groups in total. The van der Waals surface area contributed by atoms with Gasteiger partial charge in [0.2, 0.25) is 11.8 Å². The van der Waals surface area contributed by atoms with Crippen molar-refractivity contribution < 1.29 is 14.7 Å². The number of para-hydroxylation sites is 1. The number of piperidine rings is 1. The topological polar surface area (TPSA) is 69.6 Å². The van der Waals surface area contributed by atoms with Crippen LogP contribution in [-0.4, -0.2) is 41.0 Å². The lowest BCUT2D eigenvalue weighted by Gasteiger charge is -2.34. The van der Waals surface area contributed by atoms with Crippen molar-refractivity contribution in [3.63, 3.8) is 0 Å². The molecule has 118 valence electrons. The third-order valence-electron chi connectivity index (χ3n) is 4.78. The Kier molecular flexibility index (Phi) is 4.16. The fraction of sp³-hybridized carbons (Fsp3) is 0.529. The highest BCUT2D eigenvalue weighted by Crippen LogP contribution is 2.35. The molecule has 3 unspecified atom stereocenters. The van der Waals surface area contributed by atoms with Crippen LogP contribution < -0.4 is 5.32 Å². The zero-order chi connectivity index (χ0) is 15.7. The number of benzene rings is 1. The number of amides is 2. The molecule has 1 fully saturated rings. The molecule has 5 nitrogen and oxygen atoms in total. The Hall–Kier alpha value is -1.88. The van der Waals surface area contributed by atoms with E-state index in [1.54, 1.807) is 11.8 Å². The standard InChI is InChI=1S/C17H22N2O3/c1-11(20)12-5-4-8-19(10-12)16(21)9-14-13-6-2-3-7-15(13)18-17(14)22/h2-3,6-7,11-12,14,20H,4-5,8-10H2,1H3,(H,18,22). The lowest BCUT2D eigenvalue weighted by atomic mass is 9.92. The molecule has 1 aromatic rings. The molecule has 22 heavy (non-hydrogen) atoms. The van der Waals surface area contributed by atoms with Crippen LogP contribution in [0.5, 0.6) is 0 Å². The number of hydrogen-bond donors (Lipinski definition) is 2. The van der Waals surface area contributed by atoms with Crippen LogP contribution in [0.3, 0.4) is 0 Å². The molecular formula is C17H22N2O3. The molecule has 0 radical (unpaired) electrons. The number of nitrogens with zero attached hydrogens (tertiary/aromatic N) is 1. The Bertz CT molecular complexity index is 585. The maximum Gasteiger partial charge on any atom is 0.232 e. The summed E-state index contributed by atoms with van der Waals surface area (Å²) in [4.78, 5) is 26.4. The molecule has 3 atom stereocenters. The van der Waals surface area contributed by atoms with Gasteiger partial charge in [-0.2, -0.15) is 0 Å². The summed E-state index contributed by atoms with van der Waals surface area (Å²) in [5.41, 5.74) is 1.72. The number of nitrogens with one attached hydrogen (secondary N) is 1. The number of carbonyl (C=O) groups excluding carboxylic acids is 2. The van der Waals surface area contributed by atoms with E-state index >= 15 is 0 Å². The summed E-state index contributed by atoms with van der Waals surface area (Å²) >= 11 is 0. The van der Waals surface area contributed by atoms with Gasteiger partial charge >= 0.3 is 0 Å². The second kappa shape index (κ2) is 6.08. The normalized spacial score (nSPS) is 25.5. The minimum atomic E-state index is -0.397. The molecule has 1 saturated heterocycles. The van der Waals surface area contributed by atoms with Crippen molar-refractivity contribution in [1.29, 1.82) is 0 Å². The second-order valence-electron chi connectivity index (χ2n) is 6.32. The summed E-state index contributed by atoms with van der Waals surface area (Å²) in [6, 6.07) is 7.53. The number of hydrogen-bond acceptors (Lipinski definition) is 3. The van der Waals surface area contributed by atoms with Gasteiger partial charge < -0.3 is 15.3 Å². The lowest BCUT2D eigenvalue weighted by Crippen LogP contribution is -2.43. The molecule has 1 aromatic carbocycles. The maximum atomic E-state index is 12.5. The Morgan fingerprint density at radius 3 is 3.00 bits per heavy atom. The number of anilines is 1. The van der Waals surface area contributed by atoms with Gasteiger partial charge in [-0.15, -0.1) is 0 Å². The predicted molar refractivity (Wildman–Crippen MR) is 83.4 cm³/mol. The van der Waals surface area contributed by atoms with Gasteiger partial charge in [0, 0.05) is 31.1 Å². The molecule has 0 aliphatic carbocycles. The van der Waals surface area contributed by atoms with E-state index in [1.807, 2.05) is 24.3 Å². The fourth-order valence-corrected chi connectivity index (χ4v) is 3.41. The van der Waals surface area contributed by atoms with Gasteiger partial charge in [-0.05, 0) is 31.4 Å². The summed E-state index contributed by atoms with van der Waals surface area (Å²) in [7, 11) is 0. The third-order valence-corrected chi connectivity index (χ3v) is 4.78. The van der Waals surface area contributed by atoms with E-state index in [-0.39, 0.29) is 24.2 Å². The van der Waals surface area contributed by atoms with Crippen LogP contribution in [0.2, 0.25) is 0 Å². The monoisotopic (exact) mass is 302 g/mol. The Morgan fingerprint density at radius 1 is 1.45 bits per heavy atom. The van der Waals surface area contributed by atoms with Crippen LogP contribution in [-0.2, 0) is 9.59 Å². The molecule has 5 heteroatoms. The first-order valence-electron chi connectivity index (χ1n) is 7.92. The van der Waals surface area contributed by atoms with Gasteiger partial charge in [0.25, 0.3) is 0 Å². The van der Waals surface area contributed by atoms with Gasteiger partial charge in [-0.3, -0.25) is 9.59 Å². The highest BCUT2D eigenvalue weighted by molar-refractivity contribution is 6.04. The van der Waals surface area contributed by atoms with Crippen molar-refractivity contribution in [2.45, 2.75) is 38.2 Å². The van der Waals surface area contributed by atoms with Gasteiger partial charge in [-0.25, -0.2) is 0 Å². The average Bonchev–Trinajstić information content (AvgIpc) is 2.83. The molecule has 0 bridgehead atoms. The largest absolute Gasteiger partial charge is 0.393 e. The molecule has 0 aromatic heterocycles. The Morgan fingerprint density at radius 2 is 2.23 bits per heavy atom. The van der Waals surface area contributed by atoms with Crippen LogP contribution in [0.1, 0.15) is 37.7 Å². The first kappa shape index (κ1) is 15.0. The lowest BCUT2D eigenvalue weighted by molar-refractivity contribution is -0.135. The number of carbonyl (C=O) groups is 2. The van der Waals surface area contributed by atoms with Crippen molar-refractivity contribution in [2.24, 2.45) is 5.92 Å². The molecule has 0 saturated carbocycles. The van der Waals surface area contributed by atoms with Crippen molar-refractivity contribution in [3.05, 3.63) is 29.8 Å². The van der Waals surface area contributed by atoms with Gasteiger partial charge in [-0.1, -0.05) is 18.2 Å². The van der Waals surface area contributed by atoms with E-state index < -0.39 is 12.0 Å². The zero-order valence-electron chi connectivity index (χ0n) is 12.8. The van der Waals surface area contributed by atoms with Gasteiger partial charge in [0.05, 0.1) is 12.0 Å². The summed E-state index contributed by atoms with van der Waals surface area (Å²) in [5.74, 6) is -0.348. The highest BCUT2D eigenvalue weighted by Gasteiger charge is 2.34. The molecule has 2 amide bonds.